The number of ether oxygens (including phenoxy) is 3. The van der Waals surface area contributed by atoms with Crippen LogP contribution in [0.4, 0.5) is 0 Å². The summed E-state index contributed by atoms with van der Waals surface area (Å²) in [4.78, 5) is 23.6. The summed E-state index contributed by atoms with van der Waals surface area (Å²) < 4.78 is 21.0. The van der Waals surface area contributed by atoms with Crippen molar-refractivity contribution in [1.82, 2.24) is 5.43 Å². The number of amides is 1. The van der Waals surface area contributed by atoms with Crippen LogP contribution in [0.5, 0.6) is 11.5 Å². The second-order valence-electron chi connectivity index (χ2n) is 5.85. The van der Waals surface area contributed by atoms with Crippen molar-refractivity contribution in [3.8, 4) is 11.5 Å². The monoisotopic (exact) mass is 396 g/mol. The number of carbonyl (C=O) groups is 2. The Kier molecular flexibility index (Phi) is 6.47. The lowest BCUT2D eigenvalue weighted by atomic mass is 10.2. The predicted molar refractivity (Wildman–Crippen MR) is 106 cm³/mol. The molecular weight excluding hydrogens is 376 g/mol. The highest BCUT2D eigenvalue weighted by Crippen LogP contribution is 2.27. The maximum absolute atomic E-state index is 12.2. The molecule has 0 spiro atoms. The minimum Gasteiger partial charge on any atom is -0.493 e. The van der Waals surface area contributed by atoms with Gasteiger partial charge in [-0.05, 0) is 42.8 Å². The molecule has 8 heteroatoms. The molecular formula is C21H20N2O6. The van der Waals surface area contributed by atoms with E-state index in [9.17, 15) is 9.59 Å². The van der Waals surface area contributed by atoms with Crippen molar-refractivity contribution in [2.75, 3.05) is 20.3 Å². The van der Waals surface area contributed by atoms with Crippen molar-refractivity contribution in [2.24, 2.45) is 5.10 Å². The van der Waals surface area contributed by atoms with Crippen LogP contribution in [0.15, 0.2) is 58.0 Å². The Morgan fingerprint density at radius 1 is 1.14 bits per heavy atom. The number of methoxy groups -OCH3 is 1. The first kappa shape index (κ1) is 19.9. The molecule has 1 N–H and O–H groups in total. The topological polar surface area (TPSA) is 99.4 Å². The Morgan fingerprint density at radius 3 is 2.72 bits per heavy atom. The van der Waals surface area contributed by atoms with E-state index >= 15 is 0 Å². The molecule has 0 bridgehead atoms. The first-order valence-electron chi connectivity index (χ1n) is 8.89. The third-order valence-electron chi connectivity index (χ3n) is 3.87. The molecule has 0 radical (unpaired) electrons. The maximum Gasteiger partial charge on any atom is 0.344 e. The number of fused-ring (bicyclic) bond motifs is 1. The molecule has 1 heterocycles. The fourth-order valence-electron chi connectivity index (χ4n) is 2.54. The average molecular weight is 396 g/mol. The van der Waals surface area contributed by atoms with Gasteiger partial charge in [-0.2, -0.15) is 5.10 Å². The van der Waals surface area contributed by atoms with Gasteiger partial charge in [0, 0.05) is 5.39 Å². The maximum atomic E-state index is 12.2. The van der Waals surface area contributed by atoms with Gasteiger partial charge in [0.05, 0.1) is 19.9 Å². The van der Waals surface area contributed by atoms with E-state index in [0.717, 1.165) is 5.39 Å². The minimum absolute atomic E-state index is 0.170. The highest BCUT2D eigenvalue weighted by atomic mass is 16.6. The summed E-state index contributed by atoms with van der Waals surface area (Å²) in [6.07, 6.45) is 1.46. The number of nitrogens with zero attached hydrogens (tertiary/aromatic N) is 1. The zero-order chi connectivity index (χ0) is 20.6. The number of hydrogen-bond acceptors (Lipinski definition) is 7. The Hall–Kier alpha value is -3.81. The van der Waals surface area contributed by atoms with E-state index in [1.165, 1.54) is 13.3 Å². The number of nitrogens with one attached hydrogen (secondary N) is 1. The molecule has 0 saturated carbocycles. The molecule has 0 unspecified atom stereocenters. The highest BCUT2D eigenvalue weighted by molar-refractivity contribution is 5.96. The van der Waals surface area contributed by atoms with Crippen LogP contribution in [-0.2, 0) is 9.53 Å². The van der Waals surface area contributed by atoms with Crippen molar-refractivity contribution < 1.29 is 28.2 Å². The fourth-order valence-corrected chi connectivity index (χ4v) is 2.54. The van der Waals surface area contributed by atoms with Gasteiger partial charge >= 0.3 is 11.9 Å². The van der Waals surface area contributed by atoms with Crippen molar-refractivity contribution in [1.29, 1.82) is 0 Å². The summed E-state index contributed by atoms with van der Waals surface area (Å²) >= 11 is 0. The third-order valence-corrected chi connectivity index (χ3v) is 3.87. The van der Waals surface area contributed by atoms with Crippen LogP contribution in [-0.4, -0.2) is 38.4 Å². The zero-order valence-electron chi connectivity index (χ0n) is 16.0. The minimum atomic E-state index is -0.464. The lowest BCUT2D eigenvalue weighted by Gasteiger charge is -2.10. The van der Waals surface area contributed by atoms with E-state index in [0.29, 0.717) is 22.6 Å². The standard InChI is InChI=1S/C21H20N2O6/c1-3-27-20(24)13-28-17-9-8-14(10-18(17)26-2)12-22-23-21(25)19-11-15-6-4-5-7-16(15)29-19/h4-12H,3,13H2,1-2H3,(H,23,25)/b22-12-. The summed E-state index contributed by atoms with van der Waals surface area (Å²) in [5.41, 5.74) is 3.71. The molecule has 3 rings (SSSR count). The first-order chi connectivity index (χ1) is 14.1. The number of benzene rings is 2. The fraction of sp³-hybridized carbons (Fsp3) is 0.190. The Balaban J connectivity index is 1.62. The number of carbonyl (C=O) groups excluding carboxylic acids is 2. The largest absolute Gasteiger partial charge is 0.493 e. The first-order valence-corrected chi connectivity index (χ1v) is 8.89. The quantitative estimate of drug-likeness (QED) is 0.357. The number of esters is 1. The van der Waals surface area contributed by atoms with Crippen molar-refractivity contribution in [3.63, 3.8) is 0 Å². The van der Waals surface area contributed by atoms with Crippen molar-refractivity contribution >= 4 is 29.1 Å². The molecule has 8 nitrogen and oxygen atoms in total. The molecule has 150 valence electrons. The molecule has 0 aliphatic heterocycles. The highest BCUT2D eigenvalue weighted by Gasteiger charge is 2.11. The molecule has 3 aromatic rings. The second-order valence-corrected chi connectivity index (χ2v) is 5.85. The summed E-state index contributed by atoms with van der Waals surface area (Å²) in [7, 11) is 1.48. The summed E-state index contributed by atoms with van der Waals surface area (Å²) in [5, 5.41) is 4.77. The molecule has 0 aliphatic carbocycles. The molecule has 0 saturated heterocycles. The van der Waals surface area contributed by atoms with E-state index in [1.807, 2.05) is 18.2 Å². The van der Waals surface area contributed by atoms with Gasteiger partial charge in [0.25, 0.3) is 0 Å². The van der Waals surface area contributed by atoms with Crippen LogP contribution in [0.3, 0.4) is 0 Å². The van der Waals surface area contributed by atoms with Gasteiger partial charge in [-0.25, -0.2) is 10.2 Å². The summed E-state index contributed by atoms with van der Waals surface area (Å²) in [6.45, 7) is 1.79. The van der Waals surface area contributed by atoms with Gasteiger partial charge in [-0.1, -0.05) is 18.2 Å². The van der Waals surface area contributed by atoms with Crippen LogP contribution in [0.1, 0.15) is 23.0 Å². The molecule has 0 atom stereocenters. The number of hydrogen-bond donors (Lipinski definition) is 1. The predicted octanol–water partition coefficient (Wildman–Crippen LogP) is 3.15. The zero-order valence-corrected chi connectivity index (χ0v) is 16.0. The van der Waals surface area contributed by atoms with Gasteiger partial charge in [0.2, 0.25) is 0 Å². The van der Waals surface area contributed by atoms with E-state index < -0.39 is 11.9 Å². The Morgan fingerprint density at radius 2 is 1.97 bits per heavy atom. The van der Waals surface area contributed by atoms with Gasteiger partial charge in [0.15, 0.2) is 23.9 Å². The van der Waals surface area contributed by atoms with Crippen LogP contribution in [0.2, 0.25) is 0 Å². The van der Waals surface area contributed by atoms with E-state index in [4.69, 9.17) is 18.6 Å². The van der Waals surface area contributed by atoms with Gasteiger partial charge in [-0.3, -0.25) is 4.79 Å². The lowest BCUT2D eigenvalue weighted by Crippen LogP contribution is -2.16. The molecule has 2 aromatic carbocycles. The van der Waals surface area contributed by atoms with Crippen LogP contribution in [0.25, 0.3) is 11.0 Å². The summed E-state index contributed by atoms with van der Waals surface area (Å²) in [5.74, 6) is 0.0572. The van der Waals surface area contributed by atoms with Gasteiger partial charge < -0.3 is 18.6 Å². The van der Waals surface area contributed by atoms with E-state index in [2.05, 4.69) is 10.5 Å². The lowest BCUT2D eigenvalue weighted by molar-refractivity contribution is -0.145. The average Bonchev–Trinajstić information content (AvgIpc) is 3.17. The van der Waals surface area contributed by atoms with Crippen LogP contribution >= 0.6 is 0 Å². The smallest absolute Gasteiger partial charge is 0.344 e. The van der Waals surface area contributed by atoms with Crippen molar-refractivity contribution in [2.45, 2.75) is 6.92 Å². The second kappa shape index (κ2) is 9.41. The number of rotatable bonds is 8. The molecule has 1 aromatic heterocycles. The third kappa shape index (κ3) is 5.13. The molecule has 0 aliphatic rings. The molecule has 1 amide bonds. The molecule has 29 heavy (non-hydrogen) atoms. The van der Waals surface area contributed by atoms with Crippen molar-refractivity contribution in [3.05, 3.63) is 59.9 Å². The number of para-hydroxylation sites is 1. The van der Waals surface area contributed by atoms with E-state index in [-0.39, 0.29) is 19.0 Å². The SMILES string of the molecule is CCOC(=O)COc1ccc(/C=N\NC(=O)c2cc3ccccc3o2)cc1OC. The number of hydrazone groups is 1. The van der Waals surface area contributed by atoms with Gasteiger partial charge in [-0.15, -0.1) is 0 Å². The Labute approximate surface area is 167 Å². The normalized spacial score (nSPS) is 10.8. The van der Waals surface area contributed by atoms with Gasteiger partial charge in [0.1, 0.15) is 5.58 Å². The van der Waals surface area contributed by atoms with Crippen LogP contribution in [0, 0.1) is 0 Å². The molecule has 0 fully saturated rings. The van der Waals surface area contributed by atoms with Crippen LogP contribution < -0.4 is 14.9 Å². The summed E-state index contributed by atoms with van der Waals surface area (Å²) in [6, 6.07) is 14.0. The Bertz CT molecular complexity index is 1010. The van der Waals surface area contributed by atoms with E-state index in [1.54, 1.807) is 37.3 Å². The number of furan rings is 1.